The van der Waals surface area contributed by atoms with E-state index in [0.717, 1.165) is 51.0 Å². The first-order valence-corrected chi connectivity index (χ1v) is 13.3. The zero-order valence-electron chi connectivity index (χ0n) is 20.3. The number of aryl methyl sites for hydroxylation is 1. The maximum atomic E-state index is 14.0. The molecule has 0 bridgehead atoms. The lowest BCUT2D eigenvalue weighted by atomic mass is 9.83. The van der Waals surface area contributed by atoms with Crippen molar-refractivity contribution in [1.29, 1.82) is 0 Å². The van der Waals surface area contributed by atoms with Crippen molar-refractivity contribution in [1.82, 2.24) is 4.57 Å². The van der Waals surface area contributed by atoms with E-state index in [9.17, 15) is 4.79 Å². The summed E-state index contributed by atoms with van der Waals surface area (Å²) >= 11 is 1.47. The van der Waals surface area contributed by atoms with Gasteiger partial charge in [-0.05, 0) is 64.1 Å². The highest BCUT2D eigenvalue weighted by Gasteiger charge is 2.32. The second-order valence-corrected chi connectivity index (χ2v) is 10.5. The summed E-state index contributed by atoms with van der Waals surface area (Å²) in [5.41, 5.74) is 6.82. The van der Waals surface area contributed by atoms with Crippen LogP contribution in [0.5, 0.6) is 5.75 Å². The molecule has 1 aliphatic carbocycles. The van der Waals surface area contributed by atoms with Crippen LogP contribution in [0.4, 0.5) is 0 Å². The van der Waals surface area contributed by atoms with Gasteiger partial charge in [0.2, 0.25) is 0 Å². The topological polar surface area (TPSA) is 43.6 Å². The Labute approximate surface area is 218 Å². The van der Waals surface area contributed by atoms with Gasteiger partial charge >= 0.3 is 0 Å². The van der Waals surface area contributed by atoms with Gasteiger partial charge < -0.3 is 4.74 Å². The van der Waals surface area contributed by atoms with Crippen LogP contribution in [0.2, 0.25) is 0 Å². The molecular formula is C32H24N2O2S. The Hall–Kier alpha value is -4.22. The molecule has 0 fully saturated rings. The van der Waals surface area contributed by atoms with Gasteiger partial charge in [-0.3, -0.25) is 9.36 Å². The van der Waals surface area contributed by atoms with E-state index >= 15 is 0 Å². The van der Waals surface area contributed by atoms with Gasteiger partial charge in [0.1, 0.15) is 5.75 Å². The smallest absolute Gasteiger partial charge is 0.271 e. The average molecular weight is 501 g/mol. The van der Waals surface area contributed by atoms with Crippen LogP contribution in [0.1, 0.15) is 34.7 Å². The minimum absolute atomic E-state index is 0.00270. The third-order valence-electron chi connectivity index (χ3n) is 7.41. The van der Waals surface area contributed by atoms with E-state index in [1.807, 2.05) is 41.0 Å². The first-order chi connectivity index (χ1) is 18.2. The molecule has 2 heterocycles. The van der Waals surface area contributed by atoms with Crippen molar-refractivity contribution < 1.29 is 4.74 Å². The van der Waals surface area contributed by atoms with Crippen molar-refractivity contribution in [2.75, 3.05) is 7.11 Å². The van der Waals surface area contributed by atoms with Crippen LogP contribution in [0.15, 0.2) is 106 Å². The maximum Gasteiger partial charge on any atom is 0.271 e. The van der Waals surface area contributed by atoms with Crippen molar-refractivity contribution in [3.63, 3.8) is 0 Å². The van der Waals surface area contributed by atoms with Crippen molar-refractivity contribution in [3.05, 3.63) is 139 Å². The van der Waals surface area contributed by atoms with E-state index in [-0.39, 0.29) is 11.6 Å². The Bertz CT molecular complexity index is 1890. The van der Waals surface area contributed by atoms with Gasteiger partial charge in [-0.15, -0.1) is 0 Å². The molecule has 180 valence electrons. The quantitative estimate of drug-likeness (QED) is 0.329. The van der Waals surface area contributed by atoms with E-state index < -0.39 is 0 Å². The summed E-state index contributed by atoms with van der Waals surface area (Å²) in [6.45, 7) is 0. The molecule has 1 atom stereocenters. The molecule has 0 saturated carbocycles. The number of rotatable bonds is 3. The summed E-state index contributed by atoms with van der Waals surface area (Å²) in [6, 6.07) is 30.9. The van der Waals surface area contributed by atoms with Crippen LogP contribution >= 0.6 is 11.3 Å². The van der Waals surface area contributed by atoms with E-state index in [1.165, 1.54) is 28.0 Å². The molecule has 2 aliphatic rings. The summed E-state index contributed by atoms with van der Waals surface area (Å²) in [4.78, 5) is 19.9. The Morgan fingerprint density at radius 3 is 2.57 bits per heavy atom. The molecule has 1 aromatic heterocycles. The summed E-state index contributed by atoms with van der Waals surface area (Å²) in [6.07, 6.45) is 3.84. The maximum absolute atomic E-state index is 14.0. The number of ether oxygens (including phenoxy) is 1. The fourth-order valence-corrected chi connectivity index (χ4v) is 6.62. The first-order valence-electron chi connectivity index (χ1n) is 12.5. The second-order valence-electron chi connectivity index (χ2n) is 9.46. The van der Waals surface area contributed by atoms with Crippen molar-refractivity contribution >= 4 is 33.9 Å². The summed E-state index contributed by atoms with van der Waals surface area (Å²) in [5.74, 6) is 0.801. The number of hydrogen-bond acceptors (Lipinski definition) is 4. The molecule has 0 saturated heterocycles. The Morgan fingerprint density at radius 2 is 1.70 bits per heavy atom. The minimum Gasteiger partial charge on any atom is -0.497 e. The summed E-state index contributed by atoms with van der Waals surface area (Å²) < 4.78 is 8.00. The molecule has 1 aliphatic heterocycles. The standard InChI is InChI=1S/C32H24N2O2S/c1-36-24-16-13-22(14-17-24)30-27-18-15-21-8-3-5-12-26(21)29(27)33-32-34(30)31(35)28(37-32)19-23-10-6-9-20-7-2-4-11-25(20)23/h2-14,16-17,19,30H,15,18H2,1H3/b28-19+/t30-/m1/s1. The van der Waals surface area contributed by atoms with Gasteiger partial charge in [0.25, 0.3) is 5.56 Å². The number of benzene rings is 4. The molecule has 0 unspecified atom stereocenters. The monoisotopic (exact) mass is 500 g/mol. The number of allylic oxidation sites excluding steroid dienone is 1. The molecular weight excluding hydrogens is 476 g/mol. The molecule has 37 heavy (non-hydrogen) atoms. The predicted molar refractivity (Wildman–Crippen MR) is 150 cm³/mol. The zero-order chi connectivity index (χ0) is 24.9. The van der Waals surface area contributed by atoms with Crippen molar-refractivity contribution in [3.8, 4) is 5.75 Å². The SMILES string of the molecule is COc1ccc([C@@H]2C3=C(N=c4s/c(=C/c5cccc6ccccc56)c(=O)n42)c2ccccc2CC3)cc1. The summed E-state index contributed by atoms with van der Waals surface area (Å²) in [5, 5.41) is 2.29. The molecule has 5 aromatic rings. The van der Waals surface area contributed by atoms with Crippen LogP contribution in [0.25, 0.3) is 22.5 Å². The fraction of sp³-hybridized carbons (Fsp3) is 0.125. The lowest BCUT2D eigenvalue weighted by Crippen LogP contribution is -2.38. The third-order valence-corrected chi connectivity index (χ3v) is 8.40. The molecule has 0 radical (unpaired) electrons. The van der Waals surface area contributed by atoms with Gasteiger partial charge in [-0.1, -0.05) is 90.2 Å². The van der Waals surface area contributed by atoms with Crippen LogP contribution in [-0.4, -0.2) is 11.7 Å². The van der Waals surface area contributed by atoms with Gasteiger partial charge in [-0.25, -0.2) is 4.99 Å². The number of fused-ring (bicyclic) bond motifs is 4. The molecule has 5 heteroatoms. The van der Waals surface area contributed by atoms with Crippen LogP contribution in [0, 0.1) is 0 Å². The number of hydrogen-bond donors (Lipinski definition) is 0. The average Bonchev–Trinajstić information content (AvgIpc) is 3.26. The number of nitrogens with zero attached hydrogens (tertiary/aromatic N) is 2. The Morgan fingerprint density at radius 1 is 0.919 bits per heavy atom. The molecule has 4 nitrogen and oxygen atoms in total. The minimum atomic E-state index is -0.194. The molecule has 7 rings (SSSR count). The van der Waals surface area contributed by atoms with E-state index in [1.54, 1.807) is 7.11 Å². The van der Waals surface area contributed by atoms with Crippen molar-refractivity contribution in [2.24, 2.45) is 4.99 Å². The van der Waals surface area contributed by atoms with E-state index in [0.29, 0.717) is 4.53 Å². The molecule has 4 aromatic carbocycles. The molecule has 0 amide bonds. The van der Waals surface area contributed by atoms with Crippen molar-refractivity contribution in [2.45, 2.75) is 18.9 Å². The fourth-order valence-electron chi connectivity index (χ4n) is 5.63. The lowest BCUT2D eigenvalue weighted by Gasteiger charge is -2.30. The van der Waals surface area contributed by atoms with Crippen LogP contribution in [0.3, 0.4) is 0 Å². The normalized spacial score (nSPS) is 16.7. The summed E-state index contributed by atoms with van der Waals surface area (Å²) in [7, 11) is 1.67. The third kappa shape index (κ3) is 3.58. The number of methoxy groups -OCH3 is 1. The van der Waals surface area contributed by atoms with Gasteiger partial charge in [-0.2, -0.15) is 0 Å². The van der Waals surface area contributed by atoms with Gasteiger partial charge in [0.05, 0.1) is 23.4 Å². The lowest BCUT2D eigenvalue weighted by molar-refractivity contribution is 0.414. The zero-order valence-corrected chi connectivity index (χ0v) is 21.2. The van der Waals surface area contributed by atoms with Crippen LogP contribution < -0.4 is 19.6 Å². The van der Waals surface area contributed by atoms with Gasteiger partial charge in [0.15, 0.2) is 4.80 Å². The largest absolute Gasteiger partial charge is 0.497 e. The van der Waals surface area contributed by atoms with E-state index in [2.05, 4.69) is 60.7 Å². The predicted octanol–water partition coefficient (Wildman–Crippen LogP) is 5.48. The van der Waals surface area contributed by atoms with Crippen LogP contribution in [-0.2, 0) is 6.42 Å². The highest BCUT2D eigenvalue weighted by Crippen LogP contribution is 2.41. The first kappa shape index (κ1) is 22.0. The molecule has 0 N–H and O–H groups in total. The Kier molecular flexibility index (Phi) is 5.18. The number of thiazole rings is 1. The molecule has 0 spiro atoms. The van der Waals surface area contributed by atoms with Gasteiger partial charge in [0, 0.05) is 5.56 Å². The Balaban J connectivity index is 1.49. The highest BCUT2D eigenvalue weighted by molar-refractivity contribution is 7.07. The highest BCUT2D eigenvalue weighted by atomic mass is 32.1. The number of aromatic nitrogens is 1. The second kappa shape index (κ2) is 8.71. The van der Waals surface area contributed by atoms with E-state index in [4.69, 9.17) is 9.73 Å².